The predicted molar refractivity (Wildman–Crippen MR) is 66.7 cm³/mol. The third-order valence-corrected chi connectivity index (χ3v) is 3.28. The Kier molecular flexibility index (Phi) is 2.06. The van der Waals surface area contributed by atoms with E-state index < -0.39 is 0 Å². The number of nitrogens with one attached hydrogen (secondary N) is 2. The highest BCUT2D eigenvalue weighted by Crippen LogP contribution is 2.27. The second kappa shape index (κ2) is 3.42. The highest BCUT2D eigenvalue weighted by atomic mass is 79.9. The van der Waals surface area contributed by atoms with Gasteiger partial charge in [0, 0.05) is 27.6 Å². The molecule has 0 radical (unpaired) electrons. The molecule has 3 rings (SSSR count). The second-order valence-corrected chi connectivity index (χ2v) is 4.66. The molecule has 1 aliphatic heterocycles. The van der Waals surface area contributed by atoms with Crippen LogP contribution in [0.3, 0.4) is 0 Å². The molecule has 1 aromatic carbocycles. The van der Waals surface area contributed by atoms with Crippen LogP contribution < -0.4 is 5.32 Å². The molecule has 0 atom stereocenters. The Balaban J connectivity index is 2.30. The molecule has 0 saturated heterocycles. The third kappa shape index (κ3) is 1.47. The third-order valence-electron chi connectivity index (χ3n) is 2.79. The predicted octanol–water partition coefficient (Wildman–Crippen LogP) is 3.05. The lowest BCUT2D eigenvalue weighted by Crippen LogP contribution is -2.07. The van der Waals surface area contributed by atoms with Gasteiger partial charge < -0.3 is 10.3 Å². The Labute approximate surface area is 96.5 Å². The Morgan fingerprint density at radius 2 is 2.20 bits per heavy atom. The molecule has 2 aromatic rings. The second-order valence-electron chi connectivity index (χ2n) is 3.74. The van der Waals surface area contributed by atoms with Gasteiger partial charge in [-0.05, 0) is 36.4 Å². The van der Waals surface area contributed by atoms with Crippen molar-refractivity contribution in [3.63, 3.8) is 0 Å². The van der Waals surface area contributed by atoms with Gasteiger partial charge in [-0.2, -0.15) is 0 Å². The van der Waals surface area contributed by atoms with Gasteiger partial charge in [0.2, 0.25) is 0 Å². The van der Waals surface area contributed by atoms with E-state index in [1.807, 2.05) is 6.20 Å². The number of benzene rings is 1. The largest absolute Gasteiger partial charge is 0.390 e. The van der Waals surface area contributed by atoms with Gasteiger partial charge in [-0.15, -0.1) is 0 Å². The fraction of sp³-hybridized carbons (Fsp3) is 0.167. The van der Waals surface area contributed by atoms with Crippen molar-refractivity contribution in [2.24, 2.45) is 0 Å². The highest BCUT2D eigenvalue weighted by Gasteiger charge is 2.10. The molecule has 15 heavy (non-hydrogen) atoms. The number of halogens is 1. The minimum Gasteiger partial charge on any atom is -0.390 e. The van der Waals surface area contributed by atoms with Crippen LogP contribution in [-0.2, 0) is 6.42 Å². The van der Waals surface area contributed by atoms with Crippen LogP contribution in [0.5, 0.6) is 0 Å². The van der Waals surface area contributed by atoms with E-state index in [0.29, 0.717) is 0 Å². The molecule has 2 N–H and O–H groups in total. The van der Waals surface area contributed by atoms with Crippen LogP contribution in [-0.4, -0.2) is 11.5 Å². The minimum absolute atomic E-state index is 1.01. The molecule has 0 bridgehead atoms. The standard InChI is InChI=1S/C12H11BrN2/c13-8-1-2-9-10-3-5-14-6-4-11(10)15-12(9)7-8/h1-2,4,6-7,14-15H,3,5H2. The van der Waals surface area contributed by atoms with E-state index in [1.165, 1.54) is 22.2 Å². The highest BCUT2D eigenvalue weighted by molar-refractivity contribution is 9.10. The Bertz CT molecular complexity index is 540. The van der Waals surface area contributed by atoms with E-state index in [-0.39, 0.29) is 0 Å². The van der Waals surface area contributed by atoms with Crippen molar-refractivity contribution in [3.05, 3.63) is 40.1 Å². The van der Waals surface area contributed by atoms with Crippen LogP contribution >= 0.6 is 15.9 Å². The number of aromatic amines is 1. The van der Waals surface area contributed by atoms with Crippen LogP contribution in [0.4, 0.5) is 0 Å². The first-order chi connectivity index (χ1) is 7.34. The summed E-state index contributed by atoms with van der Waals surface area (Å²) in [5, 5.41) is 4.58. The minimum atomic E-state index is 1.01. The van der Waals surface area contributed by atoms with Gasteiger partial charge in [-0.25, -0.2) is 0 Å². The van der Waals surface area contributed by atoms with E-state index >= 15 is 0 Å². The zero-order valence-electron chi connectivity index (χ0n) is 8.18. The Morgan fingerprint density at radius 1 is 1.27 bits per heavy atom. The lowest BCUT2D eigenvalue weighted by molar-refractivity contribution is 0.847. The van der Waals surface area contributed by atoms with Crippen molar-refractivity contribution < 1.29 is 0 Å². The van der Waals surface area contributed by atoms with Crippen molar-refractivity contribution in [3.8, 4) is 0 Å². The summed E-state index contributed by atoms with van der Waals surface area (Å²) in [6.45, 7) is 1.01. The van der Waals surface area contributed by atoms with Gasteiger partial charge in [-0.1, -0.05) is 22.0 Å². The summed E-state index contributed by atoms with van der Waals surface area (Å²) >= 11 is 3.49. The molecule has 0 saturated carbocycles. The molecule has 1 aromatic heterocycles. The molecule has 0 unspecified atom stereocenters. The van der Waals surface area contributed by atoms with Crippen LogP contribution in [0.15, 0.2) is 28.9 Å². The van der Waals surface area contributed by atoms with E-state index in [4.69, 9.17) is 0 Å². The fourth-order valence-corrected chi connectivity index (χ4v) is 2.44. The molecule has 2 nitrogen and oxygen atoms in total. The average molecular weight is 263 g/mol. The smallest absolute Gasteiger partial charge is 0.0472 e. The van der Waals surface area contributed by atoms with E-state index in [1.54, 1.807) is 0 Å². The van der Waals surface area contributed by atoms with E-state index in [9.17, 15) is 0 Å². The number of hydrogen-bond acceptors (Lipinski definition) is 1. The molecule has 3 heteroatoms. The lowest BCUT2D eigenvalue weighted by atomic mass is 10.1. The van der Waals surface area contributed by atoms with Crippen molar-refractivity contribution in [1.82, 2.24) is 10.3 Å². The molecule has 0 fully saturated rings. The number of aromatic nitrogens is 1. The van der Waals surface area contributed by atoms with Crippen molar-refractivity contribution >= 4 is 32.9 Å². The van der Waals surface area contributed by atoms with E-state index in [2.05, 4.69) is 50.5 Å². The molecule has 2 heterocycles. The summed E-state index contributed by atoms with van der Waals surface area (Å²) in [5.74, 6) is 0. The number of fused-ring (bicyclic) bond motifs is 3. The van der Waals surface area contributed by atoms with Gasteiger partial charge in [0.25, 0.3) is 0 Å². The van der Waals surface area contributed by atoms with Gasteiger partial charge >= 0.3 is 0 Å². The quantitative estimate of drug-likeness (QED) is 0.751. The number of rotatable bonds is 0. The zero-order valence-corrected chi connectivity index (χ0v) is 9.76. The summed E-state index contributed by atoms with van der Waals surface area (Å²) in [6, 6.07) is 6.40. The summed E-state index contributed by atoms with van der Waals surface area (Å²) in [5.41, 5.74) is 3.85. The van der Waals surface area contributed by atoms with Gasteiger partial charge in [0.1, 0.15) is 0 Å². The molecule has 1 aliphatic rings. The summed E-state index contributed by atoms with van der Waals surface area (Å²) in [6.07, 6.45) is 5.19. The van der Waals surface area contributed by atoms with Gasteiger partial charge in [-0.3, -0.25) is 0 Å². The Morgan fingerprint density at radius 3 is 3.13 bits per heavy atom. The molecular formula is C12H11BrN2. The van der Waals surface area contributed by atoms with Gasteiger partial charge in [0.05, 0.1) is 0 Å². The van der Waals surface area contributed by atoms with Crippen LogP contribution in [0, 0.1) is 0 Å². The monoisotopic (exact) mass is 262 g/mol. The maximum atomic E-state index is 3.49. The van der Waals surface area contributed by atoms with Crippen LogP contribution in [0.1, 0.15) is 11.3 Å². The fourth-order valence-electron chi connectivity index (χ4n) is 2.08. The topological polar surface area (TPSA) is 27.8 Å². The SMILES string of the molecule is Brc1ccc2c3c([nH]c2c1)C=CNCC3. The van der Waals surface area contributed by atoms with Crippen molar-refractivity contribution in [2.75, 3.05) is 6.54 Å². The molecule has 0 aliphatic carbocycles. The zero-order chi connectivity index (χ0) is 10.3. The van der Waals surface area contributed by atoms with E-state index in [0.717, 1.165) is 17.4 Å². The number of hydrogen-bond donors (Lipinski definition) is 2. The van der Waals surface area contributed by atoms with Crippen LogP contribution in [0.25, 0.3) is 17.0 Å². The molecule has 76 valence electrons. The summed E-state index contributed by atoms with van der Waals surface area (Å²) in [4.78, 5) is 3.44. The first-order valence-electron chi connectivity index (χ1n) is 5.04. The normalized spacial score (nSPS) is 14.7. The van der Waals surface area contributed by atoms with Crippen LogP contribution in [0.2, 0.25) is 0 Å². The maximum Gasteiger partial charge on any atom is 0.0472 e. The Hall–Kier alpha value is -1.22. The molecule has 0 amide bonds. The maximum absolute atomic E-state index is 3.49. The van der Waals surface area contributed by atoms with Crippen molar-refractivity contribution in [1.29, 1.82) is 0 Å². The lowest BCUT2D eigenvalue weighted by Gasteiger charge is -1.98. The average Bonchev–Trinajstić information content (AvgIpc) is 2.42. The van der Waals surface area contributed by atoms with Gasteiger partial charge in [0.15, 0.2) is 0 Å². The first-order valence-corrected chi connectivity index (χ1v) is 5.84. The number of H-pyrrole nitrogens is 1. The summed E-state index contributed by atoms with van der Waals surface area (Å²) in [7, 11) is 0. The molecular weight excluding hydrogens is 252 g/mol. The van der Waals surface area contributed by atoms with Crippen molar-refractivity contribution in [2.45, 2.75) is 6.42 Å². The summed E-state index contributed by atoms with van der Waals surface area (Å²) < 4.78 is 1.12. The molecule has 0 spiro atoms. The first kappa shape index (κ1) is 9.04.